The van der Waals surface area contributed by atoms with Crippen LogP contribution >= 0.6 is 0 Å². The quantitative estimate of drug-likeness (QED) is 0.667. The van der Waals surface area contributed by atoms with Crippen LogP contribution in [0.25, 0.3) is 5.82 Å². The topological polar surface area (TPSA) is 89.4 Å². The first kappa shape index (κ1) is 22.3. The molecule has 0 saturated carbocycles. The average Bonchev–Trinajstić information content (AvgIpc) is 3.05. The molecule has 0 aliphatic carbocycles. The average molecular weight is 413 g/mol. The van der Waals surface area contributed by atoms with Crippen molar-refractivity contribution in [2.24, 2.45) is 0 Å². The predicted octanol–water partition coefficient (Wildman–Crippen LogP) is 1.82. The Hall–Kier alpha value is -2.95. The second-order valence-electron chi connectivity index (χ2n) is 6.32. The molecule has 29 heavy (non-hydrogen) atoms. The van der Waals surface area contributed by atoms with Gasteiger partial charge in [-0.05, 0) is 25.5 Å². The van der Waals surface area contributed by atoms with Crippen LogP contribution in [0.2, 0.25) is 0 Å². The number of alkyl halides is 3. The van der Waals surface area contributed by atoms with Gasteiger partial charge >= 0.3 is 6.18 Å². The molecule has 1 N–H and O–H groups in total. The summed E-state index contributed by atoms with van der Waals surface area (Å²) in [6, 6.07) is 2.07. The second kappa shape index (κ2) is 9.50. The lowest BCUT2D eigenvalue weighted by Crippen LogP contribution is -2.39. The molecule has 2 aromatic rings. The summed E-state index contributed by atoms with van der Waals surface area (Å²) in [6.07, 6.45) is -1.83. The summed E-state index contributed by atoms with van der Waals surface area (Å²) in [5.41, 5.74) is -0.255. The monoisotopic (exact) mass is 413 g/mol. The third kappa shape index (κ3) is 5.76. The summed E-state index contributed by atoms with van der Waals surface area (Å²) in [6.45, 7) is 2.41. The number of methoxy groups -OCH3 is 1. The number of hydrogen-bond acceptors (Lipinski definition) is 5. The number of rotatable bonds is 8. The van der Waals surface area contributed by atoms with Crippen LogP contribution in [0.4, 0.5) is 13.2 Å². The zero-order valence-electron chi connectivity index (χ0n) is 16.3. The number of nitrogens with zero attached hydrogens (tertiary/aromatic N) is 4. The minimum atomic E-state index is -4.49. The summed E-state index contributed by atoms with van der Waals surface area (Å²) in [5, 5.41) is 6.72. The highest BCUT2D eigenvalue weighted by Gasteiger charge is 2.31. The van der Waals surface area contributed by atoms with E-state index < -0.39 is 17.6 Å². The van der Waals surface area contributed by atoms with Crippen molar-refractivity contribution in [1.82, 2.24) is 25.0 Å². The molecule has 0 aliphatic heterocycles. The Morgan fingerprint density at radius 1 is 1.28 bits per heavy atom. The number of pyridine rings is 1. The highest BCUT2D eigenvalue weighted by atomic mass is 19.4. The number of hydrogen-bond donors (Lipinski definition) is 1. The van der Waals surface area contributed by atoms with E-state index in [2.05, 4.69) is 15.4 Å². The Balaban J connectivity index is 2.06. The molecule has 0 fully saturated rings. The lowest BCUT2D eigenvalue weighted by atomic mass is 10.2. The number of amides is 2. The smallest absolute Gasteiger partial charge is 0.385 e. The first-order valence-corrected chi connectivity index (χ1v) is 8.74. The fraction of sp³-hybridized carbons (Fsp3) is 0.444. The van der Waals surface area contributed by atoms with Gasteiger partial charge in [-0.2, -0.15) is 18.3 Å². The van der Waals surface area contributed by atoms with E-state index in [-0.39, 0.29) is 23.8 Å². The van der Waals surface area contributed by atoms with Crippen LogP contribution in [0, 0.1) is 6.92 Å². The number of carbonyl (C=O) groups is 2. The third-order valence-corrected chi connectivity index (χ3v) is 4.11. The molecule has 2 amide bonds. The van der Waals surface area contributed by atoms with Gasteiger partial charge in [-0.25, -0.2) is 9.67 Å². The van der Waals surface area contributed by atoms with Crippen LogP contribution in [0.5, 0.6) is 0 Å². The summed E-state index contributed by atoms with van der Waals surface area (Å²) in [4.78, 5) is 29.5. The largest absolute Gasteiger partial charge is 0.417 e. The van der Waals surface area contributed by atoms with E-state index >= 15 is 0 Å². The van der Waals surface area contributed by atoms with Crippen molar-refractivity contribution >= 4 is 11.8 Å². The number of likely N-dealkylation sites (N-methyl/N-ethyl adjacent to an activating group) is 1. The van der Waals surface area contributed by atoms with Crippen molar-refractivity contribution in [2.45, 2.75) is 19.5 Å². The zero-order chi connectivity index (χ0) is 21.6. The number of nitrogens with one attached hydrogen (secondary N) is 1. The predicted molar refractivity (Wildman–Crippen MR) is 97.6 cm³/mol. The molecule has 0 aliphatic rings. The molecule has 0 bridgehead atoms. The lowest BCUT2D eigenvalue weighted by molar-refractivity contribution is -0.137. The molecule has 11 heteroatoms. The van der Waals surface area contributed by atoms with Crippen molar-refractivity contribution in [3.63, 3.8) is 0 Å². The van der Waals surface area contributed by atoms with Gasteiger partial charge < -0.3 is 15.0 Å². The van der Waals surface area contributed by atoms with E-state index in [9.17, 15) is 22.8 Å². The zero-order valence-corrected chi connectivity index (χ0v) is 16.3. The molecule has 2 aromatic heterocycles. The first-order chi connectivity index (χ1) is 13.6. The van der Waals surface area contributed by atoms with Crippen LogP contribution in [0.3, 0.4) is 0 Å². The fourth-order valence-electron chi connectivity index (χ4n) is 2.52. The van der Waals surface area contributed by atoms with Gasteiger partial charge in [0, 0.05) is 33.5 Å². The summed E-state index contributed by atoms with van der Waals surface area (Å²) in [7, 11) is 3.04. The molecule has 0 aromatic carbocycles. The maximum atomic E-state index is 12.7. The van der Waals surface area contributed by atoms with Crippen molar-refractivity contribution in [2.75, 3.05) is 33.9 Å². The van der Waals surface area contributed by atoms with Crippen molar-refractivity contribution < 1.29 is 27.5 Å². The molecule has 2 heterocycles. The van der Waals surface area contributed by atoms with Crippen molar-refractivity contribution in [3.8, 4) is 5.82 Å². The summed E-state index contributed by atoms with van der Waals surface area (Å²) >= 11 is 0. The van der Waals surface area contributed by atoms with Gasteiger partial charge in [-0.15, -0.1) is 0 Å². The number of aromatic nitrogens is 3. The second-order valence-corrected chi connectivity index (χ2v) is 6.32. The molecule has 0 spiro atoms. The van der Waals surface area contributed by atoms with Gasteiger partial charge in [0.1, 0.15) is 0 Å². The number of halogens is 3. The molecular formula is C18H22F3N5O3. The number of carbonyl (C=O) groups excluding carboxylic acids is 2. The van der Waals surface area contributed by atoms with Gasteiger partial charge in [0.25, 0.3) is 5.91 Å². The van der Waals surface area contributed by atoms with Gasteiger partial charge in [-0.1, -0.05) is 0 Å². The van der Waals surface area contributed by atoms with E-state index in [0.717, 1.165) is 6.07 Å². The van der Waals surface area contributed by atoms with E-state index in [1.54, 1.807) is 14.0 Å². The van der Waals surface area contributed by atoms with E-state index in [1.165, 1.54) is 28.9 Å². The summed E-state index contributed by atoms with van der Waals surface area (Å²) in [5.74, 6) is -0.604. The van der Waals surface area contributed by atoms with Crippen LogP contribution in [0.15, 0.2) is 24.5 Å². The van der Waals surface area contributed by atoms with Gasteiger partial charge in [0.15, 0.2) is 5.82 Å². The van der Waals surface area contributed by atoms with Crippen molar-refractivity contribution in [1.29, 1.82) is 0 Å². The number of ether oxygens (including phenoxy) is 1. The lowest BCUT2D eigenvalue weighted by Gasteiger charge is -2.16. The molecule has 0 atom stereocenters. The molecule has 0 saturated heterocycles. The summed E-state index contributed by atoms with van der Waals surface area (Å²) < 4.78 is 44.2. The normalized spacial score (nSPS) is 11.4. The molecule has 0 radical (unpaired) electrons. The fourth-order valence-corrected chi connectivity index (χ4v) is 2.52. The van der Waals surface area contributed by atoms with E-state index in [4.69, 9.17) is 4.74 Å². The maximum Gasteiger partial charge on any atom is 0.417 e. The first-order valence-electron chi connectivity index (χ1n) is 8.74. The minimum absolute atomic E-state index is 0.144. The van der Waals surface area contributed by atoms with Crippen LogP contribution in [-0.4, -0.2) is 65.3 Å². The Kier molecular flexibility index (Phi) is 7.32. The highest BCUT2D eigenvalue weighted by molar-refractivity contribution is 5.97. The Morgan fingerprint density at radius 3 is 2.59 bits per heavy atom. The molecule has 158 valence electrons. The van der Waals surface area contributed by atoms with E-state index in [1.807, 2.05) is 0 Å². The van der Waals surface area contributed by atoms with Crippen LogP contribution in [0.1, 0.15) is 28.0 Å². The standard InChI is InChI=1S/C18H22F3N5O3/c1-12-14(17(28)25(2)11-16(27)22-7-4-8-29-3)10-24-26(12)15-6-5-13(9-23-15)18(19,20)21/h5-6,9-10H,4,7-8,11H2,1-3H3,(H,22,27). The minimum Gasteiger partial charge on any atom is -0.385 e. The van der Waals surface area contributed by atoms with Crippen molar-refractivity contribution in [3.05, 3.63) is 41.3 Å². The SMILES string of the molecule is COCCCNC(=O)CN(C)C(=O)c1cnn(-c2ccc(C(F)(F)F)cn2)c1C. The van der Waals surface area contributed by atoms with Crippen LogP contribution in [-0.2, 0) is 15.7 Å². The molecular weight excluding hydrogens is 391 g/mol. The van der Waals surface area contributed by atoms with Gasteiger partial charge in [0.05, 0.1) is 29.6 Å². The maximum absolute atomic E-state index is 12.7. The Morgan fingerprint density at radius 2 is 2.00 bits per heavy atom. The molecule has 2 rings (SSSR count). The molecule has 0 unspecified atom stereocenters. The highest BCUT2D eigenvalue weighted by Crippen LogP contribution is 2.28. The van der Waals surface area contributed by atoms with E-state index in [0.29, 0.717) is 31.5 Å². The molecule has 8 nitrogen and oxygen atoms in total. The Bertz CT molecular complexity index is 849. The van der Waals surface area contributed by atoms with Gasteiger partial charge in [-0.3, -0.25) is 9.59 Å². The third-order valence-electron chi connectivity index (χ3n) is 4.11. The van der Waals surface area contributed by atoms with Gasteiger partial charge in [0.2, 0.25) is 5.91 Å². The van der Waals surface area contributed by atoms with Crippen LogP contribution < -0.4 is 5.32 Å². The Labute approximate surface area is 165 Å².